The lowest BCUT2D eigenvalue weighted by molar-refractivity contribution is -0.116. The van der Waals surface area contributed by atoms with Crippen LogP contribution in [0.4, 0.5) is 5.69 Å². The molecule has 0 unspecified atom stereocenters. The molecule has 0 aliphatic rings. The number of nitrogens with one attached hydrogen (secondary N) is 2. The SMILES string of the molecule is CCc1ccc(NC(=O)CCc2nc(-c3cc4ccc(C)cc4[nH]c3=O)no2)cc1. The van der Waals surface area contributed by atoms with Gasteiger partial charge in [-0.15, -0.1) is 0 Å². The zero-order valence-corrected chi connectivity index (χ0v) is 16.9. The van der Waals surface area contributed by atoms with Crippen LogP contribution < -0.4 is 10.9 Å². The number of H-pyrrole nitrogens is 1. The van der Waals surface area contributed by atoms with Gasteiger partial charge in [0.05, 0.1) is 5.56 Å². The lowest BCUT2D eigenvalue weighted by atomic mass is 10.1. The summed E-state index contributed by atoms with van der Waals surface area (Å²) in [5.74, 6) is 0.382. The highest BCUT2D eigenvalue weighted by Crippen LogP contribution is 2.19. The molecule has 4 aromatic rings. The van der Waals surface area contributed by atoms with E-state index in [1.165, 1.54) is 5.56 Å². The second-order valence-electron chi connectivity index (χ2n) is 7.21. The first kappa shape index (κ1) is 19.6. The smallest absolute Gasteiger partial charge is 0.259 e. The van der Waals surface area contributed by atoms with Crippen LogP contribution in [0.5, 0.6) is 0 Å². The first-order valence-corrected chi connectivity index (χ1v) is 9.87. The van der Waals surface area contributed by atoms with Crippen molar-refractivity contribution in [2.45, 2.75) is 33.1 Å². The molecule has 2 aromatic heterocycles. The lowest BCUT2D eigenvalue weighted by Gasteiger charge is -2.05. The molecule has 0 saturated heterocycles. The summed E-state index contributed by atoms with van der Waals surface area (Å²) in [5.41, 5.74) is 3.84. The Morgan fingerprint density at radius 1 is 1.13 bits per heavy atom. The standard InChI is InChI=1S/C23H22N4O3/c1-3-15-5-8-17(9-6-15)24-20(28)10-11-21-26-22(27-30-21)18-13-16-7-4-14(2)12-19(16)25-23(18)29/h4-9,12-13H,3,10-11H2,1-2H3,(H,24,28)(H,25,29). The maximum absolute atomic E-state index is 12.4. The summed E-state index contributed by atoms with van der Waals surface area (Å²) in [4.78, 5) is 31.8. The Morgan fingerprint density at radius 2 is 1.93 bits per heavy atom. The van der Waals surface area contributed by atoms with Crippen LogP contribution in [-0.2, 0) is 17.6 Å². The molecule has 7 heteroatoms. The zero-order valence-electron chi connectivity index (χ0n) is 16.9. The number of fused-ring (bicyclic) bond motifs is 1. The van der Waals surface area contributed by atoms with Crippen LogP contribution in [-0.4, -0.2) is 21.0 Å². The first-order valence-electron chi connectivity index (χ1n) is 9.87. The maximum Gasteiger partial charge on any atom is 0.259 e. The van der Waals surface area contributed by atoms with Crippen LogP contribution in [0.15, 0.2) is 57.8 Å². The van der Waals surface area contributed by atoms with E-state index in [9.17, 15) is 9.59 Å². The molecule has 0 saturated carbocycles. The molecule has 152 valence electrons. The molecule has 0 aliphatic heterocycles. The van der Waals surface area contributed by atoms with Gasteiger partial charge in [0.2, 0.25) is 17.6 Å². The minimum absolute atomic E-state index is 0.141. The Balaban J connectivity index is 1.43. The van der Waals surface area contributed by atoms with E-state index >= 15 is 0 Å². The third-order valence-electron chi connectivity index (χ3n) is 4.92. The van der Waals surface area contributed by atoms with Crippen molar-refractivity contribution in [1.82, 2.24) is 15.1 Å². The second-order valence-corrected chi connectivity index (χ2v) is 7.21. The van der Waals surface area contributed by atoms with E-state index in [1.54, 1.807) is 6.07 Å². The highest BCUT2D eigenvalue weighted by Gasteiger charge is 2.14. The number of aryl methyl sites for hydroxylation is 3. The largest absolute Gasteiger partial charge is 0.339 e. The van der Waals surface area contributed by atoms with Crippen LogP contribution in [0.25, 0.3) is 22.3 Å². The number of rotatable bonds is 6. The van der Waals surface area contributed by atoms with Gasteiger partial charge in [0.15, 0.2) is 0 Å². The third kappa shape index (κ3) is 4.30. The van der Waals surface area contributed by atoms with Crippen LogP contribution >= 0.6 is 0 Å². The average Bonchev–Trinajstić information content (AvgIpc) is 3.21. The van der Waals surface area contributed by atoms with E-state index in [0.717, 1.165) is 28.6 Å². The molecule has 2 N–H and O–H groups in total. The Hall–Kier alpha value is -3.74. The maximum atomic E-state index is 12.4. The predicted octanol–water partition coefficient (Wildman–Crippen LogP) is 4.02. The first-order chi connectivity index (χ1) is 14.5. The molecule has 30 heavy (non-hydrogen) atoms. The summed E-state index contributed by atoms with van der Waals surface area (Å²) in [6, 6.07) is 15.3. The van der Waals surface area contributed by atoms with Gasteiger partial charge in [0.25, 0.3) is 5.56 Å². The van der Waals surface area contributed by atoms with Gasteiger partial charge in [0.1, 0.15) is 0 Å². The van der Waals surface area contributed by atoms with Gasteiger partial charge in [-0.05, 0) is 54.1 Å². The number of aromatic nitrogens is 3. The van der Waals surface area contributed by atoms with E-state index in [0.29, 0.717) is 11.5 Å². The highest BCUT2D eigenvalue weighted by atomic mass is 16.5. The molecule has 7 nitrogen and oxygen atoms in total. The number of anilines is 1. The molecular weight excluding hydrogens is 380 g/mol. The predicted molar refractivity (Wildman–Crippen MR) is 115 cm³/mol. The van der Waals surface area contributed by atoms with Gasteiger partial charge in [-0.2, -0.15) is 4.98 Å². The van der Waals surface area contributed by atoms with Crippen LogP contribution in [0.1, 0.15) is 30.4 Å². The van der Waals surface area contributed by atoms with Crippen LogP contribution in [0, 0.1) is 6.92 Å². The molecule has 0 spiro atoms. The molecule has 2 aromatic carbocycles. The minimum Gasteiger partial charge on any atom is -0.339 e. The van der Waals surface area contributed by atoms with Crippen LogP contribution in [0.3, 0.4) is 0 Å². The van der Waals surface area contributed by atoms with E-state index in [4.69, 9.17) is 4.52 Å². The summed E-state index contributed by atoms with van der Waals surface area (Å²) in [7, 11) is 0. The Kier molecular flexibility index (Phi) is 5.43. The monoisotopic (exact) mass is 402 g/mol. The summed E-state index contributed by atoms with van der Waals surface area (Å²) < 4.78 is 5.24. The molecule has 0 aliphatic carbocycles. The summed E-state index contributed by atoms with van der Waals surface area (Å²) >= 11 is 0. The number of pyridine rings is 1. The summed E-state index contributed by atoms with van der Waals surface area (Å²) in [5, 5.41) is 7.65. The van der Waals surface area contributed by atoms with E-state index in [-0.39, 0.29) is 30.1 Å². The van der Waals surface area contributed by atoms with Crippen molar-refractivity contribution in [3.63, 3.8) is 0 Å². The van der Waals surface area contributed by atoms with Crippen molar-refractivity contribution in [3.8, 4) is 11.4 Å². The van der Waals surface area contributed by atoms with Crippen LogP contribution in [0.2, 0.25) is 0 Å². The number of carbonyl (C=O) groups excluding carboxylic acids is 1. The average molecular weight is 402 g/mol. The zero-order chi connectivity index (χ0) is 21.1. The summed E-state index contributed by atoms with van der Waals surface area (Å²) in [6.07, 6.45) is 1.44. The Bertz CT molecular complexity index is 1260. The van der Waals surface area contributed by atoms with Crippen molar-refractivity contribution in [3.05, 3.63) is 75.9 Å². The second kappa shape index (κ2) is 8.32. The minimum atomic E-state index is -0.284. The van der Waals surface area contributed by atoms with Gasteiger partial charge < -0.3 is 14.8 Å². The molecule has 0 radical (unpaired) electrons. The highest BCUT2D eigenvalue weighted by molar-refractivity contribution is 5.90. The number of amides is 1. The van der Waals surface area contributed by atoms with Gasteiger partial charge >= 0.3 is 0 Å². The van der Waals surface area contributed by atoms with Crippen molar-refractivity contribution in [1.29, 1.82) is 0 Å². The third-order valence-corrected chi connectivity index (χ3v) is 4.92. The quantitative estimate of drug-likeness (QED) is 0.507. The van der Waals surface area contributed by atoms with Crippen molar-refractivity contribution >= 4 is 22.5 Å². The topological polar surface area (TPSA) is 101 Å². The van der Waals surface area contributed by atoms with E-state index in [2.05, 4.69) is 27.4 Å². The fourth-order valence-electron chi connectivity index (χ4n) is 3.21. The molecule has 1 amide bonds. The number of aromatic amines is 1. The van der Waals surface area contributed by atoms with Crippen molar-refractivity contribution in [2.75, 3.05) is 5.32 Å². The van der Waals surface area contributed by atoms with Gasteiger partial charge in [0, 0.05) is 24.0 Å². The van der Waals surface area contributed by atoms with E-state index in [1.807, 2.05) is 49.4 Å². The Morgan fingerprint density at radius 3 is 2.70 bits per heavy atom. The number of hydrogen-bond donors (Lipinski definition) is 2. The van der Waals surface area contributed by atoms with Crippen molar-refractivity contribution in [2.24, 2.45) is 0 Å². The Labute approximate surface area is 173 Å². The normalized spacial score (nSPS) is 11.0. The lowest BCUT2D eigenvalue weighted by Crippen LogP contribution is -2.12. The van der Waals surface area contributed by atoms with Crippen molar-refractivity contribution < 1.29 is 9.32 Å². The molecule has 4 rings (SSSR count). The fourth-order valence-corrected chi connectivity index (χ4v) is 3.21. The molecule has 0 fully saturated rings. The number of carbonyl (C=O) groups is 1. The number of nitrogens with zero attached hydrogens (tertiary/aromatic N) is 2. The van der Waals surface area contributed by atoms with Gasteiger partial charge in [-0.25, -0.2) is 0 Å². The molecule has 2 heterocycles. The van der Waals surface area contributed by atoms with E-state index < -0.39 is 0 Å². The molecule has 0 bridgehead atoms. The fraction of sp³-hybridized carbons (Fsp3) is 0.217. The van der Waals surface area contributed by atoms with Gasteiger partial charge in [-0.3, -0.25) is 9.59 Å². The molecule has 0 atom stereocenters. The molecular formula is C23H22N4O3. The number of benzene rings is 2. The van der Waals surface area contributed by atoms with Gasteiger partial charge in [-0.1, -0.05) is 36.3 Å². The summed E-state index contributed by atoms with van der Waals surface area (Å²) in [6.45, 7) is 4.05. The number of hydrogen-bond acceptors (Lipinski definition) is 5.